The van der Waals surface area contributed by atoms with Gasteiger partial charge in [0.05, 0.1) is 6.61 Å². The summed E-state index contributed by atoms with van der Waals surface area (Å²) in [5, 5.41) is 4.27. The Balaban J connectivity index is 2.22. The number of esters is 1. The molecule has 0 bridgehead atoms. The van der Waals surface area contributed by atoms with E-state index in [0.29, 0.717) is 18.8 Å². The predicted octanol–water partition coefficient (Wildman–Crippen LogP) is 2.00. The van der Waals surface area contributed by atoms with Gasteiger partial charge in [-0.05, 0) is 37.6 Å². The highest BCUT2D eigenvalue weighted by molar-refractivity contribution is 9.10. The monoisotopic (exact) mass is 386 g/mol. The lowest BCUT2D eigenvalue weighted by molar-refractivity contribution is -0.154. The third kappa shape index (κ3) is 7.64. The molecule has 2 N–H and O–H groups in total. The third-order valence-electron chi connectivity index (χ3n) is 2.75. The molecule has 0 aliphatic carbocycles. The number of halogens is 1. The molecule has 0 unspecified atom stereocenters. The Morgan fingerprint density at radius 3 is 2.48 bits per heavy atom. The Bertz CT molecular complexity index is 547. The first-order valence-corrected chi connectivity index (χ1v) is 7.82. The van der Waals surface area contributed by atoms with Crippen molar-refractivity contribution in [1.82, 2.24) is 10.6 Å². The fourth-order valence-electron chi connectivity index (χ4n) is 1.52. The van der Waals surface area contributed by atoms with Crippen LogP contribution in [-0.4, -0.2) is 37.7 Å². The first-order valence-electron chi connectivity index (χ1n) is 7.02. The summed E-state index contributed by atoms with van der Waals surface area (Å²) < 4.78 is 11.4. The highest BCUT2D eigenvalue weighted by Gasteiger charge is 2.19. The van der Waals surface area contributed by atoms with Gasteiger partial charge in [-0.15, -0.1) is 0 Å². The van der Waals surface area contributed by atoms with Crippen LogP contribution in [0, 0.1) is 0 Å². The SMILES string of the molecule is CNC(=O)NC(=O)[C@@H](C)OC(=O)CCCOc1ccc(Br)cc1. The van der Waals surface area contributed by atoms with Gasteiger partial charge >= 0.3 is 12.0 Å². The Morgan fingerprint density at radius 2 is 1.87 bits per heavy atom. The summed E-state index contributed by atoms with van der Waals surface area (Å²) in [6.45, 7) is 1.75. The standard InChI is InChI=1S/C15H19BrN2O5/c1-10(14(20)18-15(21)17-2)23-13(19)4-3-9-22-12-7-5-11(16)6-8-12/h5-8,10H,3-4,9H2,1-2H3,(H2,17,18,20,21)/t10-/m1/s1. The van der Waals surface area contributed by atoms with Crippen molar-refractivity contribution in [2.45, 2.75) is 25.9 Å². The van der Waals surface area contributed by atoms with Crippen LogP contribution in [0.15, 0.2) is 28.7 Å². The summed E-state index contributed by atoms with van der Waals surface area (Å²) >= 11 is 3.33. The minimum atomic E-state index is -1.04. The van der Waals surface area contributed by atoms with Crippen molar-refractivity contribution in [3.63, 3.8) is 0 Å². The highest BCUT2D eigenvalue weighted by atomic mass is 79.9. The van der Waals surface area contributed by atoms with Crippen LogP contribution in [0.2, 0.25) is 0 Å². The molecule has 1 aromatic rings. The smallest absolute Gasteiger partial charge is 0.321 e. The quantitative estimate of drug-likeness (QED) is 0.551. The molecule has 126 valence electrons. The molecule has 1 rings (SSSR count). The van der Waals surface area contributed by atoms with E-state index >= 15 is 0 Å². The Morgan fingerprint density at radius 1 is 1.22 bits per heavy atom. The number of hydrogen-bond donors (Lipinski definition) is 2. The molecule has 0 fully saturated rings. The summed E-state index contributed by atoms with van der Waals surface area (Å²) in [6.07, 6.45) is -0.459. The summed E-state index contributed by atoms with van der Waals surface area (Å²) in [7, 11) is 1.38. The van der Waals surface area contributed by atoms with Gasteiger partial charge in [-0.25, -0.2) is 4.79 Å². The van der Waals surface area contributed by atoms with Gasteiger partial charge in [0.15, 0.2) is 6.10 Å². The molecule has 0 saturated carbocycles. The second-order valence-corrected chi connectivity index (χ2v) is 5.52. The molecular weight excluding hydrogens is 368 g/mol. The highest BCUT2D eigenvalue weighted by Crippen LogP contribution is 2.16. The van der Waals surface area contributed by atoms with Crippen LogP contribution in [0.25, 0.3) is 0 Å². The number of carbonyl (C=O) groups excluding carboxylic acids is 3. The van der Waals surface area contributed by atoms with Crippen molar-refractivity contribution in [1.29, 1.82) is 0 Å². The van der Waals surface area contributed by atoms with Crippen LogP contribution in [0.3, 0.4) is 0 Å². The lowest BCUT2D eigenvalue weighted by atomic mass is 10.3. The van der Waals surface area contributed by atoms with E-state index in [4.69, 9.17) is 9.47 Å². The molecular formula is C15H19BrN2O5. The molecule has 0 aromatic heterocycles. The zero-order chi connectivity index (χ0) is 17.2. The molecule has 8 heteroatoms. The number of nitrogens with one attached hydrogen (secondary N) is 2. The van der Waals surface area contributed by atoms with Crippen LogP contribution in [0.5, 0.6) is 5.75 Å². The fourth-order valence-corrected chi connectivity index (χ4v) is 1.79. The van der Waals surface area contributed by atoms with Crippen LogP contribution in [0.1, 0.15) is 19.8 Å². The molecule has 0 aliphatic rings. The minimum Gasteiger partial charge on any atom is -0.494 e. The van der Waals surface area contributed by atoms with E-state index in [2.05, 4.69) is 21.2 Å². The second-order valence-electron chi connectivity index (χ2n) is 4.61. The van der Waals surface area contributed by atoms with E-state index < -0.39 is 24.0 Å². The normalized spacial score (nSPS) is 11.3. The number of carbonyl (C=O) groups is 3. The van der Waals surface area contributed by atoms with E-state index in [1.54, 1.807) is 0 Å². The lowest BCUT2D eigenvalue weighted by Crippen LogP contribution is -2.43. The zero-order valence-electron chi connectivity index (χ0n) is 12.9. The van der Waals surface area contributed by atoms with E-state index in [0.717, 1.165) is 4.47 Å². The molecule has 23 heavy (non-hydrogen) atoms. The van der Waals surface area contributed by atoms with Crippen molar-refractivity contribution >= 4 is 33.8 Å². The zero-order valence-corrected chi connectivity index (χ0v) is 14.5. The maximum Gasteiger partial charge on any atom is 0.321 e. The van der Waals surface area contributed by atoms with Crippen LogP contribution in [0.4, 0.5) is 4.79 Å². The van der Waals surface area contributed by atoms with Crippen molar-refractivity contribution in [2.75, 3.05) is 13.7 Å². The number of benzene rings is 1. The van der Waals surface area contributed by atoms with Gasteiger partial charge in [0.1, 0.15) is 5.75 Å². The molecule has 3 amide bonds. The van der Waals surface area contributed by atoms with Gasteiger partial charge in [-0.3, -0.25) is 14.9 Å². The van der Waals surface area contributed by atoms with Gasteiger partial charge in [0.2, 0.25) is 0 Å². The number of hydrogen-bond acceptors (Lipinski definition) is 5. The van der Waals surface area contributed by atoms with Crippen molar-refractivity contribution < 1.29 is 23.9 Å². The van der Waals surface area contributed by atoms with Crippen molar-refractivity contribution in [3.8, 4) is 5.75 Å². The van der Waals surface area contributed by atoms with E-state index in [-0.39, 0.29) is 6.42 Å². The molecule has 1 aromatic carbocycles. The van der Waals surface area contributed by atoms with Gasteiger partial charge in [0.25, 0.3) is 5.91 Å². The van der Waals surface area contributed by atoms with E-state index in [1.807, 2.05) is 29.6 Å². The minimum absolute atomic E-state index is 0.119. The summed E-state index contributed by atoms with van der Waals surface area (Å²) in [6, 6.07) is 6.69. The van der Waals surface area contributed by atoms with Crippen molar-refractivity contribution in [3.05, 3.63) is 28.7 Å². The average molecular weight is 387 g/mol. The molecule has 0 spiro atoms. The van der Waals surface area contributed by atoms with E-state index in [1.165, 1.54) is 14.0 Å². The Hall–Kier alpha value is -2.09. The molecule has 7 nitrogen and oxygen atoms in total. The Kier molecular flexibility index (Phi) is 8.10. The predicted molar refractivity (Wildman–Crippen MR) is 87.0 cm³/mol. The summed E-state index contributed by atoms with van der Waals surface area (Å²) in [5.41, 5.74) is 0. The third-order valence-corrected chi connectivity index (χ3v) is 3.28. The molecule has 0 heterocycles. The summed E-state index contributed by atoms with van der Waals surface area (Å²) in [5.74, 6) is -0.493. The number of imide groups is 1. The van der Waals surface area contributed by atoms with Gasteiger partial charge in [-0.1, -0.05) is 15.9 Å². The molecule has 1 atom stereocenters. The van der Waals surface area contributed by atoms with E-state index in [9.17, 15) is 14.4 Å². The number of amides is 3. The summed E-state index contributed by atoms with van der Waals surface area (Å²) in [4.78, 5) is 34.1. The van der Waals surface area contributed by atoms with Crippen LogP contribution < -0.4 is 15.4 Å². The molecule has 0 radical (unpaired) electrons. The second kappa shape index (κ2) is 9.83. The largest absolute Gasteiger partial charge is 0.494 e. The molecule has 0 aliphatic heterocycles. The molecule has 0 saturated heterocycles. The first-order chi connectivity index (χ1) is 10.9. The maximum absolute atomic E-state index is 11.6. The lowest BCUT2D eigenvalue weighted by Gasteiger charge is -2.12. The number of rotatable bonds is 7. The Labute approximate surface area is 142 Å². The number of ether oxygens (including phenoxy) is 2. The van der Waals surface area contributed by atoms with Crippen LogP contribution >= 0.6 is 15.9 Å². The first kappa shape index (κ1) is 19.0. The van der Waals surface area contributed by atoms with Gasteiger partial charge in [-0.2, -0.15) is 0 Å². The van der Waals surface area contributed by atoms with Crippen molar-refractivity contribution in [2.24, 2.45) is 0 Å². The topological polar surface area (TPSA) is 93.7 Å². The number of urea groups is 1. The average Bonchev–Trinajstić information content (AvgIpc) is 2.52. The maximum atomic E-state index is 11.6. The van der Waals surface area contributed by atoms with Gasteiger partial charge in [0, 0.05) is 17.9 Å². The van der Waals surface area contributed by atoms with Gasteiger partial charge < -0.3 is 14.8 Å². The van der Waals surface area contributed by atoms with Crippen LogP contribution in [-0.2, 0) is 14.3 Å². The fraction of sp³-hybridized carbons (Fsp3) is 0.400.